The number of esters is 1. The van der Waals surface area contributed by atoms with Gasteiger partial charge in [-0.2, -0.15) is 0 Å². The van der Waals surface area contributed by atoms with E-state index in [2.05, 4.69) is 10.1 Å². The van der Waals surface area contributed by atoms with Gasteiger partial charge in [-0.05, 0) is 90.2 Å². The molecule has 12 heteroatoms. The van der Waals surface area contributed by atoms with E-state index in [-0.39, 0.29) is 42.4 Å². The number of hydrogen-bond acceptors (Lipinski definition) is 10. The monoisotopic (exact) mass is 671 g/mol. The molecule has 1 atom stereocenters. The highest BCUT2D eigenvalue weighted by Crippen LogP contribution is 2.40. The van der Waals surface area contributed by atoms with Gasteiger partial charge in [-0.1, -0.05) is 18.5 Å². The minimum Gasteiger partial charge on any atom is -0.458 e. The summed E-state index contributed by atoms with van der Waals surface area (Å²) in [6.07, 6.45) is 7.34. The van der Waals surface area contributed by atoms with Crippen LogP contribution < -0.4 is 10.3 Å². The molecule has 4 aliphatic heterocycles. The Morgan fingerprint density at radius 1 is 1.12 bits per heavy atom. The molecule has 260 valence electrons. The van der Waals surface area contributed by atoms with Gasteiger partial charge in [-0.3, -0.25) is 4.79 Å². The van der Waals surface area contributed by atoms with Gasteiger partial charge in [0, 0.05) is 53.8 Å². The minimum absolute atomic E-state index is 0.0710. The number of piperidine rings is 2. The molecule has 0 bridgehead atoms. The van der Waals surface area contributed by atoms with Crippen molar-refractivity contribution in [2.45, 2.75) is 103 Å². The maximum absolute atomic E-state index is 13.7. The molecule has 2 saturated heterocycles. The summed E-state index contributed by atoms with van der Waals surface area (Å²) in [5.74, 6) is -0.335. The quantitative estimate of drug-likeness (QED) is 0.173. The molecule has 4 aliphatic rings. The molecule has 1 aromatic carbocycles. The van der Waals surface area contributed by atoms with Crippen LogP contribution in [0, 0.1) is 0 Å². The van der Waals surface area contributed by atoms with E-state index in [1.807, 2.05) is 32.9 Å². The number of nitrogens with zero attached hydrogens (tertiary/aromatic N) is 5. The molecule has 2 aromatic heterocycles. The summed E-state index contributed by atoms with van der Waals surface area (Å²) in [7, 11) is 0. The first-order valence-corrected chi connectivity index (χ1v) is 17.5. The van der Waals surface area contributed by atoms with Crippen molar-refractivity contribution in [3.05, 3.63) is 56.9 Å². The number of ether oxygens (including phenoxy) is 2. The van der Waals surface area contributed by atoms with Crippen LogP contribution in [0.25, 0.3) is 22.3 Å². The van der Waals surface area contributed by atoms with Crippen molar-refractivity contribution in [2.24, 2.45) is 5.16 Å². The van der Waals surface area contributed by atoms with Crippen molar-refractivity contribution in [1.82, 2.24) is 19.4 Å². The van der Waals surface area contributed by atoms with E-state index in [9.17, 15) is 19.5 Å². The summed E-state index contributed by atoms with van der Waals surface area (Å²) in [6, 6.07) is 7.76. The van der Waals surface area contributed by atoms with Crippen LogP contribution in [0.15, 0.2) is 34.2 Å². The fraction of sp³-hybridized carbons (Fsp3) is 0.541. The molecule has 0 unspecified atom stereocenters. The molecule has 12 nitrogen and oxygen atoms in total. The molecule has 6 heterocycles. The average molecular weight is 672 g/mol. The smallest absolute Gasteiger partial charge is 0.415 e. The van der Waals surface area contributed by atoms with Crippen LogP contribution in [0.2, 0.25) is 0 Å². The first-order valence-electron chi connectivity index (χ1n) is 17.5. The SMILES string of the molecule is CC[C@@]1(O)C(=O)OCc2c1cc1n(c2=O)Cc2cc3c(CC=NOC(C)(C)C)c(OC(=O)N4CCC(N5CCCCC5)CC4)ccc3nc2-1. The summed E-state index contributed by atoms with van der Waals surface area (Å²) in [5.41, 5.74) is 1.17. The maximum atomic E-state index is 13.7. The predicted octanol–water partition coefficient (Wildman–Crippen LogP) is 4.87. The number of carbonyl (C=O) groups is 2. The third-order valence-corrected chi connectivity index (χ3v) is 10.3. The summed E-state index contributed by atoms with van der Waals surface area (Å²) < 4.78 is 12.9. The number of oxime groups is 1. The van der Waals surface area contributed by atoms with Gasteiger partial charge in [-0.15, -0.1) is 0 Å². The normalized spacial score (nSPS) is 21.4. The molecule has 1 N–H and O–H groups in total. The number of aromatic nitrogens is 2. The Hall–Kier alpha value is -4.29. The van der Waals surface area contributed by atoms with E-state index in [0.717, 1.165) is 42.4 Å². The van der Waals surface area contributed by atoms with Gasteiger partial charge in [0.05, 0.1) is 29.0 Å². The van der Waals surface area contributed by atoms with E-state index >= 15 is 0 Å². The zero-order valence-electron chi connectivity index (χ0n) is 28.8. The maximum Gasteiger partial charge on any atom is 0.415 e. The zero-order valence-corrected chi connectivity index (χ0v) is 28.8. The first kappa shape index (κ1) is 33.2. The molecule has 0 saturated carbocycles. The lowest BCUT2D eigenvalue weighted by atomic mass is 9.86. The van der Waals surface area contributed by atoms with E-state index < -0.39 is 17.2 Å². The Kier molecular flexibility index (Phi) is 8.72. The molecule has 7 rings (SSSR count). The summed E-state index contributed by atoms with van der Waals surface area (Å²) >= 11 is 0. The van der Waals surface area contributed by atoms with Crippen LogP contribution in [0.3, 0.4) is 0 Å². The summed E-state index contributed by atoms with van der Waals surface area (Å²) in [4.78, 5) is 54.7. The number of likely N-dealkylation sites (tertiary alicyclic amines) is 2. The number of pyridine rings is 2. The van der Waals surface area contributed by atoms with E-state index in [1.165, 1.54) is 19.3 Å². The van der Waals surface area contributed by atoms with E-state index in [4.69, 9.17) is 19.3 Å². The largest absolute Gasteiger partial charge is 0.458 e. The van der Waals surface area contributed by atoms with Gasteiger partial charge in [0.1, 0.15) is 18.0 Å². The van der Waals surface area contributed by atoms with Crippen molar-refractivity contribution in [2.75, 3.05) is 26.2 Å². The summed E-state index contributed by atoms with van der Waals surface area (Å²) in [6.45, 7) is 11.1. The van der Waals surface area contributed by atoms with Crippen molar-refractivity contribution >= 4 is 29.2 Å². The minimum atomic E-state index is -1.90. The average Bonchev–Trinajstić information content (AvgIpc) is 3.46. The molecule has 0 spiro atoms. The Morgan fingerprint density at radius 3 is 2.59 bits per heavy atom. The Morgan fingerprint density at radius 2 is 1.88 bits per heavy atom. The summed E-state index contributed by atoms with van der Waals surface area (Å²) in [5, 5.41) is 16.2. The van der Waals surface area contributed by atoms with E-state index in [1.54, 1.807) is 34.7 Å². The molecule has 3 aromatic rings. The van der Waals surface area contributed by atoms with Crippen LogP contribution >= 0.6 is 0 Å². The number of carbonyl (C=O) groups excluding carboxylic acids is 2. The highest BCUT2D eigenvalue weighted by Gasteiger charge is 2.45. The number of amides is 1. The van der Waals surface area contributed by atoms with Crippen LogP contribution in [-0.2, 0) is 39.5 Å². The second-order valence-corrected chi connectivity index (χ2v) is 14.6. The molecule has 1 amide bonds. The number of benzene rings is 1. The highest BCUT2D eigenvalue weighted by molar-refractivity contribution is 5.91. The molecular weight excluding hydrogens is 626 g/mol. The molecule has 0 radical (unpaired) electrons. The topological polar surface area (TPSA) is 136 Å². The predicted molar refractivity (Wildman–Crippen MR) is 184 cm³/mol. The second-order valence-electron chi connectivity index (χ2n) is 14.6. The number of hydrogen-bond donors (Lipinski definition) is 1. The Bertz CT molecular complexity index is 1880. The Balaban J connectivity index is 1.21. The van der Waals surface area contributed by atoms with Gasteiger partial charge in [0.25, 0.3) is 5.56 Å². The van der Waals surface area contributed by atoms with Gasteiger partial charge in [0.2, 0.25) is 0 Å². The molecule has 2 fully saturated rings. The standard InChI is InChI=1S/C37H45N5O7/c1-5-37(46)28-20-30-32-23(21-42(30)33(43)27(28)22-47-34(37)44)19-26-25(11-14-38-49-36(2,3)4)31(10-9-29(26)39-32)48-35(45)41-17-12-24(13-18-41)40-15-7-6-8-16-40/h9-10,14,19-20,24,46H,5-8,11-13,15-18,21-22H2,1-4H3/t37-/m0/s1. The molecule has 49 heavy (non-hydrogen) atoms. The van der Waals surface area contributed by atoms with Crippen molar-refractivity contribution in [1.29, 1.82) is 0 Å². The van der Waals surface area contributed by atoms with Crippen molar-refractivity contribution < 1.29 is 29.0 Å². The third kappa shape index (κ3) is 6.20. The molecule has 0 aliphatic carbocycles. The van der Waals surface area contributed by atoms with Gasteiger partial charge >= 0.3 is 12.1 Å². The lowest BCUT2D eigenvalue weighted by Crippen LogP contribution is -2.48. The number of fused-ring (bicyclic) bond motifs is 5. The van der Waals surface area contributed by atoms with Crippen LogP contribution in [0.4, 0.5) is 4.79 Å². The van der Waals surface area contributed by atoms with Gasteiger partial charge in [0.15, 0.2) is 5.60 Å². The fourth-order valence-corrected chi connectivity index (χ4v) is 7.58. The van der Waals surface area contributed by atoms with Crippen molar-refractivity contribution in [3.8, 4) is 17.1 Å². The van der Waals surface area contributed by atoms with Crippen LogP contribution in [0.5, 0.6) is 5.75 Å². The van der Waals surface area contributed by atoms with Crippen LogP contribution in [0.1, 0.15) is 88.5 Å². The number of rotatable bonds is 6. The fourth-order valence-electron chi connectivity index (χ4n) is 7.58. The van der Waals surface area contributed by atoms with Crippen molar-refractivity contribution in [3.63, 3.8) is 0 Å². The van der Waals surface area contributed by atoms with E-state index in [0.29, 0.717) is 48.2 Å². The Labute approximate surface area is 285 Å². The highest BCUT2D eigenvalue weighted by atomic mass is 16.6. The van der Waals surface area contributed by atoms with Gasteiger partial charge in [-0.25, -0.2) is 14.6 Å². The van der Waals surface area contributed by atoms with Crippen LogP contribution in [-0.4, -0.2) is 80.6 Å². The number of aliphatic hydroxyl groups is 1. The number of cyclic esters (lactones) is 1. The molecular formula is C37H45N5O7. The third-order valence-electron chi connectivity index (χ3n) is 10.3. The second kappa shape index (κ2) is 12.9. The lowest BCUT2D eigenvalue weighted by molar-refractivity contribution is -0.172. The first-order chi connectivity index (χ1) is 23.5. The van der Waals surface area contributed by atoms with Gasteiger partial charge < -0.3 is 33.8 Å². The zero-order chi connectivity index (χ0) is 34.5. The lowest BCUT2D eigenvalue weighted by Gasteiger charge is -2.39.